The lowest BCUT2D eigenvalue weighted by Gasteiger charge is -2.28. The van der Waals surface area contributed by atoms with Gasteiger partial charge in [0.25, 0.3) is 0 Å². The van der Waals surface area contributed by atoms with Crippen LogP contribution in [-0.4, -0.2) is 60.4 Å². The summed E-state index contributed by atoms with van der Waals surface area (Å²) in [7, 11) is 1.94. The van der Waals surface area contributed by atoms with Crippen molar-refractivity contribution in [1.82, 2.24) is 15.5 Å². The normalized spacial score (nSPS) is 14.4. The van der Waals surface area contributed by atoms with Crippen molar-refractivity contribution in [3.8, 4) is 0 Å². The molecular formula is C21H38N4O4. The van der Waals surface area contributed by atoms with Crippen molar-refractivity contribution >= 4 is 12.1 Å². The fraction of sp³-hybridized carbons (Fsp3) is 0.714. The molecule has 0 aliphatic heterocycles. The molecule has 0 bridgehead atoms. The number of aliphatic hydroxyl groups excluding tert-OH is 1. The minimum atomic E-state index is -0.788. The van der Waals surface area contributed by atoms with Crippen LogP contribution in [0.4, 0.5) is 4.79 Å². The van der Waals surface area contributed by atoms with Gasteiger partial charge in [0.15, 0.2) is 5.96 Å². The Bertz CT molecular complexity index is 623. The van der Waals surface area contributed by atoms with Gasteiger partial charge >= 0.3 is 6.09 Å². The van der Waals surface area contributed by atoms with E-state index in [9.17, 15) is 9.90 Å². The van der Waals surface area contributed by atoms with Crippen LogP contribution in [0.25, 0.3) is 0 Å². The number of amides is 1. The molecule has 2 atom stereocenters. The Labute approximate surface area is 174 Å². The van der Waals surface area contributed by atoms with E-state index in [-0.39, 0.29) is 18.5 Å². The highest BCUT2D eigenvalue weighted by atomic mass is 16.6. The van der Waals surface area contributed by atoms with Crippen LogP contribution in [0.5, 0.6) is 0 Å². The minimum Gasteiger partial charge on any atom is -0.467 e. The fourth-order valence-electron chi connectivity index (χ4n) is 2.68. The maximum atomic E-state index is 12.1. The molecule has 0 radical (unpaired) electrons. The highest BCUT2D eigenvalue weighted by Crippen LogP contribution is 2.14. The molecule has 0 aliphatic carbocycles. The summed E-state index contributed by atoms with van der Waals surface area (Å²) in [5.74, 6) is 1.45. The zero-order valence-electron chi connectivity index (χ0n) is 18.9. The molecule has 1 rings (SSSR count). The summed E-state index contributed by atoms with van der Waals surface area (Å²) in [6, 6.07) is 3.44. The molecule has 0 spiro atoms. The lowest BCUT2D eigenvalue weighted by Crippen LogP contribution is -2.45. The average Bonchev–Trinajstić information content (AvgIpc) is 3.14. The first-order valence-electron chi connectivity index (χ1n) is 10.2. The van der Waals surface area contributed by atoms with Crippen LogP contribution in [0.15, 0.2) is 27.8 Å². The zero-order chi connectivity index (χ0) is 22.0. The minimum absolute atomic E-state index is 0.0242. The number of nitrogens with one attached hydrogen (secondary N) is 2. The smallest absolute Gasteiger partial charge is 0.407 e. The molecule has 166 valence electrons. The molecule has 0 saturated heterocycles. The lowest BCUT2D eigenvalue weighted by atomic mass is 10.0. The third kappa shape index (κ3) is 9.69. The van der Waals surface area contributed by atoms with Crippen molar-refractivity contribution in [2.75, 3.05) is 26.7 Å². The molecule has 1 heterocycles. The highest BCUT2D eigenvalue weighted by molar-refractivity contribution is 5.79. The summed E-state index contributed by atoms with van der Waals surface area (Å²) in [6.45, 7) is 13.3. The SMILES string of the molecule is CCNC(=NCC(O)c1ccco1)N(C)CCC(NC(=O)OC(C)(C)C)C(C)C. The van der Waals surface area contributed by atoms with Crippen molar-refractivity contribution in [3.05, 3.63) is 24.2 Å². The number of guanidine groups is 1. The lowest BCUT2D eigenvalue weighted by molar-refractivity contribution is 0.0485. The molecule has 0 fully saturated rings. The van der Waals surface area contributed by atoms with Gasteiger partial charge in [-0.05, 0) is 52.2 Å². The predicted molar refractivity (Wildman–Crippen MR) is 115 cm³/mol. The Morgan fingerprint density at radius 3 is 2.59 bits per heavy atom. The van der Waals surface area contributed by atoms with E-state index < -0.39 is 17.8 Å². The Balaban J connectivity index is 2.65. The molecule has 3 N–H and O–H groups in total. The monoisotopic (exact) mass is 410 g/mol. The maximum Gasteiger partial charge on any atom is 0.407 e. The van der Waals surface area contributed by atoms with Crippen molar-refractivity contribution in [2.24, 2.45) is 10.9 Å². The van der Waals surface area contributed by atoms with Gasteiger partial charge in [0.1, 0.15) is 17.5 Å². The van der Waals surface area contributed by atoms with E-state index in [0.717, 1.165) is 6.42 Å². The Morgan fingerprint density at radius 2 is 2.07 bits per heavy atom. The van der Waals surface area contributed by atoms with E-state index in [1.165, 1.54) is 6.26 Å². The molecule has 8 heteroatoms. The van der Waals surface area contributed by atoms with E-state index in [2.05, 4.69) is 29.5 Å². The number of alkyl carbamates (subject to hydrolysis) is 1. The molecule has 8 nitrogen and oxygen atoms in total. The van der Waals surface area contributed by atoms with Crippen molar-refractivity contribution in [3.63, 3.8) is 0 Å². The van der Waals surface area contributed by atoms with E-state index >= 15 is 0 Å². The van der Waals surface area contributed by atoms with E-state index in [1.54, 1.807) is 12.1 Å². The predicted octanol–water partition coefficient (Wildman–Crippen LogP) is 3.15. The summed E-state index contributed by atoms with van der Waals surface area (Å²) in [6.07, 6.45) is 1.08. The van der Waals surface area contributed by atoms with E-state index in [0.29, 0.717) is 24.8 Å². The second-order valence-electron chi connectivity index (χ2n) is 8.43. The standard InChI is InChI=1S/C21H38N4O4/c1-8-22-19(23-14-17(26)18-10-9-13-28-18)25(7)12-11-16(15(2)3)24-20(27)29-21(4,5)6/h9-10,13,15-17,26H,8,11-12,14H2,1-7H3,(H,22,23)(H,24,27). The number of aliphatic imine (C=N–C) groups is 1. The molecule has 29 heavy (non-hydrogen) atoms. The first-order valence-corrected chi connectivity index (χ1v) is 10.2. The number of rotatable bonds is 9. The number of aliphatic hydroxyl groups is 1. The van der Waals surface area contributed by atoms with Gasteiger partial charge in [-0.3, -0.25) is 0 Å². The Kier molecular flexibility index (Phi) is 10.0. The maximum absolute atomic E-state index is 12.1. The third-order valence-electron chi connectivity index (χ3n) is 4.26. The Morgan fingerprint density at radius 1 is 1.38 bits per heavy atom. The van der Waals surface area contributed by atoms with Crippen LogP contribution >= 0.6 is 0 Å². The summed E-state index contributed by atoms with van der Waals surface area (Å²) in [5, 5.41) is 16.4. The van der Waals surface area contributed by atoms with Gasteiger partial charge in [-0.25, -0.2) is 9.79 Å². The number of furan rings is 1. The van der Waals surface area contributed by atoms with Gasteiger partial charge in [-0.15, -0.1) is 0 Å². The quantitative estimate of drug-likeness (QED) is 0.427. The number of hydrogen-bond donors (Lipinski definition) is 3. The van der Waals surface area contributed by atoms with Crippen LogP contribution in [0, 0.1) is 5.92 Å². The summed E-state index contributed by atoms with van der Waals surface area (Å²) in [4.78, 5) is 18.6. The largest absolute Gasteiger partial charge is 0.467 e. The number of ether oxygens (including phenoxy) is 1. The number of carbonyl (C=O) groups is 1. The molecule has 1 amide bonds. The van der Waals surface area contributed by atoms with E-state index in [4.69, 9.17) is 9.15 Å². The second-order valence-corrected chi connectivity index (χ2v) is 8.43. The molecule has 1 aromatic heterocycles. The summed E-state index contributed by atoms with van der Waals surface area (Å²) < 4.78 is 10.6. The van der Waals surface area contributed by atoms with Gasteiger partial charge < -0.3 is 29.8 Å². The molecule has 1 aromatic rings. The Hall–Kier alpha value is -2.22. The van der Waals surface area contributed by atoms with Crippen LogP contribution < -0.4 is 10.6 Å². The van der Waals surface area contributed by atoms with Crippen LogP contribution in [0.2, 0.25) is 0 Å². The first kappa shape index (κ1) is 24.8. The van der Waals surface area contributed by atoms with Gasteiger partial charge in [0, 0.05) is 26.2 Å². The molecular weight excluding hydrogens is 372 g/mol. The zero-order valence-corrected chi connectivity index (χ0v) is 18.9. The topological polar surface area (TPSA) is 99.3 Å². The van der Waals surface area contributed by atoms with Gasteiger partial charge in [-0.1, -0.05) is 13.8 Å². The molecule has 2 unspecified atom stereocenters. The number of nitrogens with zero attached hydrogens (tertiary/aromatic N) is 2. The average molecular weight is 411 g/mol. The van der Waals surface area contributed by atoms with Crippen LogP contribution in [0.3, 0.4) is 0 Å². The van der Waals surface area contributed by atoms with Crippen molar-refractivity contribution < 1.29 is 19.1 Å². The first-order chi connectivity index (χ1) is 13.5. The highest BCUT2D eigenvalue weighted by Gasteiger charge is 2.22. The van der Waals surface area contributed by atoms with Crippen LogP contribution in [0.1, 0.15) is 59.8 Å². The number of hydrogen-bond acceptors (Lipinski definition) is 5. The summed E-state index contributed by atoms with van der Waals surface area (Å²) in [5.41, 5.74) is -0.526. The van der Waals surface area contributed by atoms with Gasteiger partial charge in [0.05, 0.1) is 12.8 Å². The molecule has 0 saturated carbocycles. The van der Waals surface area contributed by atoms with Gasteiger partial charge in [-0.2, -0.15) is 0 Å². The number of carbonyl (C=O) groups excluding carboxylic acids is 1. The molecule has 0 aromatic carbocycles. The van der Waals surface area contributed by atoms with E-state index in [1.807, 2.05) is 39.6 Å². The van der Waals surface area contributed by atoms with Crippen molar-refractivity contribution in [2.45, 2.75) is 65.7 Å². The molecule has 0 aliphatic rings. The third-order valence-corrected chi connectivity index (χ3v) is 4.26. The van der Waals surface area contributed by atoms with Crippen molar-refractivity contribution in [1.29, 1.82) is 0 Å². The summed E-state index contributed by atoms with van der Waals surface area (Å²) >= 11 is 0. The van der Waals surface area contributed by atoms with Gasteiger partial charge in [0.2, 0.25) is 0 Å². The van der Waals surface area contributed by atoms with Crippen LogP contribution in [-0.2, 0) is 4.74 Å². The second kappa shape index (κ2) is 11.7. The fourth-order valence-corrected chi connectivity index (χ4v) is 2.68.